The first kappa shape index (κ1) is 17.5. The molecule has 136 valence electrons. The van der Waals surface area contributed by atoms with Crippen molar-refractivity contribution in [1.29, 1.82) is 0 Å². The van der Waals surface area contributed by atoms with Gasteiger partial charge in [0.05, 0.1) is 11.9 Å². The summed E-state index contributed by atoms with van der Waals surface area (Å²) in [6, 6.07) is 5.71. The fourth-order valence-electron chi connectivity index (χ4n) is 2.45. The Kier molecular flexibility index (Phi) is 4.61. The van der Waals surface area contributed by atoms with Crippen LogP contribution in [0.2, 0.25) is 0 Å². The maximum Gasteiger partial charge on any atom is 0.344 e. The zero-order valence-electron chi connectivity index (χ0n) is 14.3. The number of carboxylic acid groups (broad SMARTS) is 1. The summed E-state index contributed by atoms with van der Waals surface area (Å²) < 4.78 is 20.7. The summed E-state index contributed by atoms with van der Waals surface area (Å²) in [5, 5.41) is 13.1. The molecular weight excluding hydrogens is 341 g/mol. The zero-order chi connectivity index (χ0) is 18.8. The molecule has 2 aromatic heterocycles. The largest absolute Gasteiger partial charge is 0.479 e. The summed E-state index contributed by atoms with van der Waals surface area (Å²) in [4.78, 5) is 17.2. The molecule has 1 aromatic carbocycles. The van der Waals surface area contributed by atoms with E-state index >= 15 is 0 Å². The van der Waals surface area contributed by atoms with Gasteiger partial charge in [-0.05, 0) is 31.2 Å². The average Bonchev–Trinajstić information content (AvgIpc) is 2.97. The van der Waals surface area contributed by atoms with Crippen LogP contribution in [-0.2, 0) is 11.3 Å². The van der Waals surface area contributed by atoms with Gasteiger partial charge in [0, 0.05) is 25.4 Å². The predicted molar refractivity (Wildman–Crippen MR) is 93.6 cm³/mol. The number of aliphatic carboxylic acids is 1. The number of anilines is 2. The number of carbonyl (C=O) groups is 1. The van der Waals surface area contributed by atoms with Gasteiger partial charge in [-0.15, -0.1) is 0 Å². The molecule has 0 spiro atoms. The van der Waals surface area contributed by atoms with Crippen LogP contribution in [0.15, 0.2) is 36.7 Å². The van der Waals surface area contributed by atoms with Gasteiger partial charge in [0.2, 0.25) is 0 Å². The van der Waals surface area contributed by atoms with Crippen LogP contribution in [0.25, 0.3) is 5.65 Å². The molecule has 1 unspecified atom stereocenters. The number of halogens is 1. The maximum absolute atomic E-state index is 13.7. The Hall–Kier alpha value is -3.36. The highest BCUT2D eigenvalue weighted by molar-refractivity contribution is 5.72. The molecule has 1 atom stereocenters. The fraction of sp³-hybridized carbons (Fsp3) is 0.235. The Balaban J connectivity index is 1.87. The topological polar surface area (TPSA) is 106 Å². The van der Waals surface area contributed by atoms with E-state index in [1.165, 1.54) is 31.3 Å². The minimum absolute atomic E-state index is 0.261. The Morgan fingerprint density at radius 2 is 2.23 bits per heavy atom. The minimum atomic E-state index is -1.10. The van der Waals surface area contributed by atoms with Gasteiger partial charge in [-0.1, -0.05) is 0 Å². The number of nitrogens with zero attached hydrogens (tertiary/aromatic N) is 4. The number of hydrogen-bond acceptors (Lipinski definition) is 6. The molecule has 3 N–H and O–H groups in total. The number of benzene rings is 1. The highest BCUT2D eigenvalue weighted by Gasteiger charge is 2.17. The van der Waals surface area contributed by atoms with Gasteiger partial charge < -0.3 is 20.5 Å². The second-order valence-corrected chi connectivity index (χ2v) is 5.86. The average molecular weight is 359 g/mol. The summed E-state index contributed by atoms with van der Waals surface area (Å²) in [5.74, 6) is -0.631. The molecular formula is C17H18FN5O3. The fourth-order valence-corrected chi connectivity index (χ4v) is 2.45. The number of aromatic nitrogens is 3. The van der Waals surface area contributed by atoms with E-state index in [1.54, 1.807) is 28.7 Å². The van der Waals surface area contributed by atoms with E-state index in [0.717, 1.165) is 0 Å². The molecule has 0 aliphatic rings. The van der Waals surface area contributed by atoms with E-state index in [9.17, 15) is 9.18 Å². The first-order chi connectivity index (χ1) is 12.3. The van der Waals surface area contributed by atoms with E-state index in [0.29, 0.717) is 28.5 Å². The van der Waals surface area contributed by atoms with E-state index in [4.69, 9.17) is 15.6 Å². The molecule has 0 radical (unpaired) electrons. The van der Waals surface area contributed by atoms with Crippen LogP contribution in [0.1, 0.15) is 12.5 Å². The lowest BCUT2D eigenvalue weighted by atomic mass is 10.1. The van der Waals surface area contributed by atoms with E-state index < -0.39 is 17.9 Å². The Bertz CT molecular complexity index is 959. The van der Waals surface area contributed by atoms with E-state index in [1.807, 2.05) is 0 Å². The van der Waals surface area contributed by atoms with Crippen molar-refractivity contribution in [2.45, 2.75) is 19.6 Å². The van der Waals surface area contributed by atoms with Crippen molar-refractivity contribution < 1.29 is 19.0 Å². The van der Waals surface area contributed by atoms with Crippen molar-refractivity contribution >= 4 is 23.1 Å². The van der Waals surface area contributed by atoms with Crippen molar-refractivity contribution in [3.63, 3.8) is 0 Å². The third kappa shape index (κ3) is 3.51. The summed E-state index contributed by atoms with van der Waals surface area (Å²) >= 11 is 0. The van der Waals surface area contributed by atoms with Crippen LogP contribution in [0, 0.1) is 5.82 Å². The van der Waals surface area contributed by atoms with Gasteiger partial charge in [0.25, 0.3) is 0 Å². The number of rotatable bonds is 6. The predicted octanol–water partition coefficient (Wildman–Crippen LogP) is 1.94. The molecule has 3 rings (SSSR count). The van der Waals surface area contributed by atoms with Crippen LogP contribution in [0.4, 0.5) is 15.9 Å². The third-order valence-corrected chi connectivity index (χ3v) is 3.85. The number of ether oxygens (including phenoxy) is 1. The number of hydrogen-bond donors (Lipinski definition) is 2. The highest BCUT2D eigenvalue weighted by Crippen LogP contribution is 2.24. The second kappa shape index (κ2) is 6.87. The van der Waals surface area contributed by atoms with Crippen LogP contribution in [0.3, 0.4) is 0 Å². The van der Waals surface area contributed by atoms with Gasteiger partial charge in [-0.25, -0.2) is 18.7 Å². The van der Waals surface area contributed by atoms with Gasteiger partial charge >= 0.3 is 5.97 Å². The molecule has 0 fully saturated rings. The van der Waals surface area contributed by atoms with Gasteiger partial charge in [0.15, 0.2) is 11.8 Å². The first-order valence-corrected chi connectivity index (χ1v) is 7.84. The van der Waals surface area contributed by atoms with E-state index in [2.05, 4.69) is 10.1 Å². The number of carboxylic acids is 1. The van der Waals surface area contributed by atoms with Gasteiger partial charge in [-0.3, -0.25) is 0 Å². The van der Waals surface area contributed by atoms with Gasteiger partial charge in [0.1, 0.15) is 17.4 Å². The van der Waals surface area contributed by atoms with Crippen molar-refractivity contribution in [2.75, 3.05) is 17.7 Å². The number of fused-ring (bicyclic) bond motifs is 1. The van der Waals surface area contributed by atoms with Crippen molar-refractivity contribution in [3.05, 3.63) is 48.0 Å². The molecule has 8 nitrogen and oxygen atoms in total. The lowest BCUT2D eigenvalue weighted by Crippen LogP contribution is -2.24. The lowest BCUT2D eigenvalue weighted by Gasteiger charge is -2.21. The molecule has 26 heavy (non-hydrogen) atoms. The molecule has 0 bridgehead atoms. The summed E-state index contributed by atoms with van der Waals surface area (Å²) in [5.41, 5.74) is 7.31. The van der Waals surface area contributed by atoms with Crippen molar-refractivity contribution in [3.8, 4) is 5.75 Å². The number of nitrogens with two attached hydrogens (primary N) is 1. The zero-order valence-corrected chi connectivity index (χ0v) is 14.3. The van der Waals surface area contributed by atoms with Crippen molar-refractivity contribution in [1.82, 2.24) is 14.6 Å². The van der Waals surface area contributed by atoms with Crippen LogP contribution < -0.4 is 15.4 Å². The molecule has 0 aliphatic heterocycles. The molecule has 3 aromatic rings. The van der Waals surface area contributed by atoms with E-state index in [-0.39, 0.29) is 6.54 Å². The molecule has 0 aliphatic carbocycles. The smallest absolute Gasteiger partial charge is 0.344 e. The van der Waals surface area contributed by atoms with Crippen LogP contribution >= 0.6 is 0 Å². The molecule has 0 saturated heterocycles. The quantitative estimate of drug-likeness (QED) is 0.693. The lowest BCUT2D eigenvalue weighted by molar-refractivity contribution is -0.144. The maximum atomic E-state index is 13.7. The summed E-state index contributed by atoms with van der Waals surface area (Å²) in [7, 11) is 1.78. The SMILES string of the molecule is CC(Oc1ccc(F)cc1CN(C)c1ccn2ncc(N)c2n1)C(=O)O. The third-order valence-electron chi connectivity index (χ3n) is 3.85. The Morgan fingerprint density at radius 1 is 1.46 bits per heavy atom. The number of nitrogen functional groups attached to an aromatic ring is 1. The second-order valence-electron chi connectivity index (χ2n) is 5.86. The summed E-state index contributed by atoms with van der Waals surface area (Å²) in [6.45, 7) is 1.67. The minimum Gasteiger partial charge on any atom is -0.479 e. The summed E-state index contributed by atoms with van der Waals surface area (Å²) in [6.07, 6.45) is 2.18. The van der Waals surface area contributed by atoms with Crippen LogP contribution in [-0.4, -0.2) is 38.8 Å². The normalized spacial score (nSPS) is 12.1. The highest BCUT2D eigenvalue weighted by atomic mass is 19.1. The molecule has 9 heteroatoms. The van der Waals surface area contributed by atoms with Crippen molar-refractivity contribution in [2.24, 2.45) is 0 Å². The monoisotopic (exact) mass is 359 g/mol. The standard InChI is InChI=1S/C17H18FN5O3/c1-10(17(24)25)26-14-4-3-12(18)7-11(14)9-22(2)15-5-6-23-16(21-15)13(19)8-20-23/h3-8,10H,9,19H2,1-2H3,(H,24,25). The first-order valence-electron chi connectivity index (χ1n) is 7.84. The Morgan fingerprint density at radius 3 is 2.96 bits per heavy atom. The van der Waals surface area contributed by atoms with Gasteiger partial charge in [-0.2, -0.15) is 5.10 Å². The molecule has 0 saturated carbocycles. The Labute approximate surface area is 148 Å². The molecule has 0 amide bonds. The van der Waals surface area contributed by atoms with Crippen LogP contribution in [0.5, 0.6) is 5.75 Å². The molecule has 2 heterocycles.